The van der Waals surface area contributed by atoms with Crippen LogP contribution in [-0.2, 0) is 11.2 Å². The number of ketones is 2. The van der Waals surface area contributed by atoms with Crippen molar-refractivity contribution in [2.75, 3.05) is 7.11 Å². The molecule has 2 rings (SSSR count). The van der Waals surface area contributed by atoms with Crippen molar-refractivity contribution < 1.29 is 14.3 Å². The molecule has 0 saturated heterocycles. The summed E-state index contributed by atoms with van der Waals surface area (Å²) in [4.78, 5) is 23.9. The van der Waals surface area contributed by atoms with Gasteiger partial charge >= 0.3 is 0 Å². The van der Waals surface area contributed by atoms with Crippen LogP contribution in [0.15, 0.2) is 24.3 Å². The molecule has 0 unspecified atom stereocenters. The summed E-state index contributed by atoms with van der Waals surface area (Å²) in [5.74, 6) is 0.971. The van der Waals surface area contributed by atoms with Crippen LogP contribution >= 0.6 is 0 Å². The first kappa shape index (κ1) is 15.5. The van der Waals surface area contributed by atoms with Gasteiger partial charge in [-0.15, -0.1) is 0 Å². The van der Waals surface area contributed by atoms with Gasteiger partial charge in [-0.25, -0.2) is 0 Å². The van der Waals surface area contributed by atoms with E-state index in [0.29, 0.717) is 6.42 Å². The maximum atomic E-state index is 12.9. The van der Waals surface area contributed by atoms with Crippen molar-refractivity contribution in [1.82, 2.24) is 0 Å². The number of fused-ring (bicyclic) bond motifs is 1. The molecule has 1 aliphatic carbocycles. The van der Waals surface area contributed by atoms with Crippen molar-refractivity contribution >= 4 is 11.6 Å². The number of carbonyl (C=O) groups is 2. The number of Topliss-reactive ketones (excluding diaryl/α,β-unsaturated/α-hetero) is 1. The van der Waals surface area contributed by atoms with Gasteiger partial charge in [0, 0.05) is 16.5 Å². The van der Waals surface area contributed by atoms with Gasteiger partial charge in [-0.2, -0.15) is 0 Å². The van der Waals surface area contributed by atoms with Gasteiger partial charge in [0.1, 0.15) is 5.75 Å². The van der Waals surface area contributed by atoms with Crippen molar-refractivity contribution in [3.05, 3.63) is 41.0 Å². The third kappa shape index (κ3) is 3.07. The molecule has 1 aromatic rings. The van der Waals surface area contributed by atoms with E-state index in [0.717, 1.165) is 35.3 Å². The second kappa shape index (κ2) is 5.84. The number of rotatable bonds is 4. The van der Waals surface area contributed by atoms with Crippen LogP contribution in [-0.4, -0.2) is 18.7 Å². The Kier molecular flexibility index (Phi) is 4.31. The maximum Gasteiger partial charge on any atom is 0.169 e. The minimum Gasteiger partial charge on any atom is -0.496 e. The molecule has 21 heavy (non-hydrogen) atoms. The smallest absolute Gasteiger partial charge is 0.169 e. The molecule has 0 fully saturated rings. The highest BCUT2D eigenvalue weighted by molar-refractivity contribution is 6.03. The van der Waals surface area contributed by atoms with Crippen molar-refractivity contribution in [1.29, 1.82) is 0 Å². The fourth-order valence-corrected chi connectivity index (χ4v) is 2.94. The van der Waals surface area contributed by atoms with Gasteiger partial charge in [0.2, 0.25) is 0 Å². The lowest BCUT2D eigenvalue weighted by molar-refractivity contribution is -0.112. The first-order valence-electron chi connectivity index (χ1n) is 7.27. The number of aryl methyl sites for hydroxylation is 1. The van der Waals surface area contributed by atoms with Crippen molar-refractivity contribution in [3.63, 3.8) is 0 Å². The second-order valence-corrected chi connectivity index (χ2v) is 6.10. The molecule has 0 aromatic heterocycles. The quantitative estimate of drug-likeness (QED) is 0.793. The van der Waals surface area contributed by atoms with E-state index < -0.39 is 5.41 Å². The van der Waals surface area contributed by atoms with Crippen LogP contribution in [0.1, 0.15) is 48.2 Å². The summed E-state index contributed by atoms with van der Waals surface area (Å²) in [5.41, 5.74) is 2.39. The van der Waals surface area contributed by atoms with Crippen LogP contribution in [0, 0.1) is 12.3 Å². The van der Waals surface area contributed by atoms with Gasteiger partial charge < -0.3 is 4.74 Å². The Hall–Kier alpha value is -1.90. The highest BCUT2D eigenvalue weighted by atomic mass is 16.5. The molecule has 3 nitrogen and oxygen atoms in total. The number of carbonyl (C=O) groups excluding carboxylic acids is 2. The predicted molar refractivity (Wildman–Crippen MR) is 82.9 cm³/mol. The van der Waals surface area contributed by atoms with Crippen molar-refractivity contribution in [2.45, 2.75) is 40.0 Å². The molecule has 0 amide bonds. The molecule has 1 aromatic carbocycles. The zero-order valence-corrected chi connectivity index (χ0v) is 13.2. The molecule has 3 heteroatoms. The van der Waals surface area contributed by atoms with Gasteiger partial charge in [0.05, 0.1) is 7.11 Å². The van der Waals surface area contributed by atoms with Gasteiger partial charge in [-0.05, 0) is 56.9 Å². The van der Waals surface area contributed by atoms with Gasteiger partial charge in [0.15, 0.2) is 11.6 Å². The number of allylic oxidation sites excluding steroid dienone is 2. The lowest BCUT2D eigenvalue weighted by atomic mass is 9.69. The van der Waals surface area contributed by atoms with E-state index in [1.165, 1.54) is 6.92 Å². The first-order valence-corrected chi connectivity index (χ1v) is 7.27. The van der Waals surface area contributed by atoms with Crippen molar-refractivity contribution in [3.8, 4) is 5.75 Å². The fourth-order valence-electron chi connectivity index (χ4n) is 2.94. The van der Waals surface area contributed by atoms with Gasteiger partial charge in [0.25, 0.3) is 0 Å². The summed E-state index contributed by atoms with van der Waals surface area (Å²) in [5, 5.41) is 0. The monoisotopic (exact) mass is 286 g/mol. The van der Waals surface area contributed by atoms with Crippen molar-refractivity contribution in [2.24, 2.45) is 5.41 Å². The van der Waals surface area contributed by atoms with E-state index in [1.54, 1.807) is 13.2 Å². The fraction of sp³-hybridized carbons (Fsp3) is 0.444. The Bertz CT molecular complexity index is 613. The Balaban J connectivity index is 2.36. The van der Waals surface area contributed by atoms with E-state index in [-0.39, 0.29) is 11.6 Å². The lowest BCUT2D eigenvalue weighted by Crippen LogP contribution is -2.33. The third-order valence-electron chi connectivity index (χ3n) is 4.21. The Morgan fingerprint density at radius 2 is 2.14 bits per heavy atom. The van der Waals surface area contributed by atoms with Crippen LogP contribution in [0.5, 0.6) is 5.75 Å². The highest BCUT2D eigenvalue weighted by Gasteiger charge is 2.38. The van der Waals surface area contributed by atoms with Crippen LogP contribution in [0.2, 0.25) is 0 Å². The van der Waals surface area contributed by atoms with Crippen LogP contribution < -0.4 is 4.74 Å². The normalized spacial score (nSPS) is 21.4. The standard InChI is InChI=1S/C18H22O3/c1-12-10-15-14(16(11-12)21-4)7-9-18(3,17(15)20)8-5-6-13(2)19/h5-6,10-11H,7-9H2,1-4H3/b6-5+/t18-/m1/s1. The molecular formula is C18H22O3. The Labute approximate surface area is 126 Å². The number of ether oxygens (including phenoxy) is 1. The summed E-state index contributed by atoms with van der Waals surface area (Å²) in [6, 6.07) is 3.93. The van der Waals surface area contributed by atoms with Crippen LogP contribution in [0.25, 0.3) is 0 Å². The maximum absolute atomic E-state index is 12.9. The molecule has 1 aliphatic rings. The molecule has 0 saturated carbocycles. The first-order chi connectivity index (χ1) is 9.87. The molecule has 0 bridgehead atoms. The summed E-state index contributed by atoms with van der Waals surface area (Å²) in [7, 11) is 1.64. The molecule has 1 atom stereocenters. The topological polar surface area (TPSA) is 43.4 Å². The lowest BCUT2D eigenvalue weighted by Gasteiger charge is -2.33. The van der Waals surface area contributed by atoms with E-state index in [4.69, 9.17) is 4.74 Å². The number of benzene rings is 1. The number of methoxy groups -OCH3 is 1. The van der Waals surface area contributed by atoms with E-state index >= 15 is 0 Å². The summed E-state index contributed by atoms with van der Waals surface area (Å²) < 4.78 is 5.41. The molecule has 0 aliphatic heterocycles. The minimum atomic E-state index is -0.433. The van der Waals surface area contributed by atoms with E-state index in [1.807, 2.05) is 32.1 Å². The van der Waals surface area contributed by atoms with Crippen LogP contribution in [0.4, 0.5) is 0 Å². The number of hydrogen-bond donors (Lipinski definition) is 0. The average molecular weight is 286 g/mol. The minimum absolute atomic E-state index is 0.0137. The van der Waals surface area contributed by atoms with Crippen LogP contribution in [0.3, 0.4) is 0 Å². The summed E-state index contributed by atoms with van der Waals surface area (Å²) in [6.07, 6.45) is 5.57. The summed E-state index contributed by atoms with van der Waals surface area (Å²) >= 11 is 0. The molecule has 112 valence electrons. The number of hydrogen-bond acceptors (Lipinski definition) is 3. The molecule has 0 spiro atoms. The Morgan fingerprint density at radius 1 is 1.43 bits per heavy atom. The van der Waals surface area contributed by atoms with Gasteiger partial charge in [-0.3, -0.25) is 9.59 Å². The molecule has 0 radical (unpaired) electrons. The second-order valence-electron chi connectivity index (χ2n) is 6.10. The van der Waals surface area contributed by atoms with Gasteiger partial charge in [-0.1, -0.05) is 13.0 Å². The SMILES string of the molecule is COc1cc(C)cc2c1CC[C@@](C)(C/C=C/C(C)=O)C2=O. The highest BCUT2D eigenvalue weighted by Crippen LogP contribution is 2.41. The predicted octanol–water partition coefficient (Wildman–Crippen LogP) is 3.67. The molecule has 0 heterocycles. The van der Waals surface area contributed by atoms with E-state index in [9.17, 15) is 9.59 Å². The molecular weight excluding hydrogens is 264 g/mol. The van der Waals surface area contributed by atoms with E-state index in [2.05, 4.69) is 0 Å². The average Bonchev–Trinajstić information content (AvgIpc) is 2.42. The Morgan fingerprint density at radius 3 is 2.76 bits per heavy atom. The zero-order chi connectivity index (χ0) is 15.6. The third-order valence-corrected chi connectivity index (χ3v) is 4.21. The molecule has 0 N–H and O–H groups in total. The summed E-state index contributed by atoms with van der Waals surface area (Å²) in [6.45, 7) is 5.47. The largest absolute Gasteiger partial charge is 0.496 e. The zero-order valence-electron chi connectivity index (χ0n) is 13.2.